The maximum absolute atomic E-state index is 5.35. The Bertz CT molecular complexity index is 550. The van der Waals surface area contributed by atoms with Crippen molar-refractivity contribution in [2.45, 2.75) is 12.5 Å². The Balaban J connectivity index is 2.01. The predicted molar refractivity (Wildman–Crippen MR) is 73.2 cm³/mol. The molecule has 1 aliphatic rings. The standard InChI is InChI=1S/C14H17N3O/c1-18-13-5-4-12(17-10-6-8-15-9-10)11-3-2-7-16-14(11)13/h2-5,7,10,15,17H,6,8-9H2,1H3. The number of nitrogens with one attached hydrogen (secondary N) is 2. The maximum Gasteiger partial charge on any atom is 0.145 e. The van der Waals surface area contributed by atoms with E-state index in [4.69, 9.17) is 4.74 Å². The van der Waals surface area contributed by atoms with Crippen molar-refractivity contribution in [1.29, 1.82) is 0 Å². The fraction of sp³-hybridized carbons (Fsp3) is 0.357. The minimum Gasteiger partial charge on any atom is -0.494 e. The highest BCUT2D eigenvalue weighted by Gasteiger charge is 2.15. The minimum atomic E-state index is 0.502. The summed E-state index contributed by atoms with van der Waals surface area (Å²) in [4.78, 5) is 4.41. The van der Waals surface area contributed by atoms with Gasteiger partial charge < -0.3 is 15.4 Å². The van der Waals surface area contributed by atoms with Gasteiger partial charge in [-0.1, -0.05) is 0 Å². The number of hydrogen-bond donors (Lipinski definition) is 2. The minimum absolute atomic E-state index is 0.502. The van der Waals surface area contributed by atoms with Gasteiger partial charge in [0.2, 0.25) is 0 Å². The van der Waals surface area contributed by atoms with E-state index in [9.17, 15) is 0 Å². The summed E-state index contributed by atoms with van der Waals surface area (Å²) >= 11 is 0. The van der Waals surface area contributed by atoms with Crippen LogP contribution in [0.4, 0.5) is 5.69 Å². The number of benzene rings is 1. The molecule has 4 heteroatoms. The van der Waals surface area contributed by atoms with Crippen molar-refractivity contribution in [2.75, 3.05) is 25.5 Å². The lowest BCUT2D eigenvalue weighted by atomic mass is 10.1. The van der Waals surface area contributed by atoms with Crippen LogP contribution in [0.1, 0.15) is 6.42 Å². The maximum atomic E-state index is 5.35. The van der Waals surface area contributed by atoms with Crippen LogP contribution in [0.3, 0.4) is 0 Å². The van der Waals surface area contributed by atoms with Crippen LogP contribution < -0.4 is 15.4 Å². The van der Waals surface area contributed by atoms with Gasteiger partial charge in [0, 0.05) is 29.9 Å². The highest BCUT2D eigenvalue weighted by molar-refractivity contribution is 5.95. The summed E-state index contributed by atoms with van der Waals surface area (Å²) in [6, 6.07) is 8.58. The number of aromatic nitrogens is 1. The van der Waals surface area contributed by atoms with Crippen LogP contribution >= 0.6 is 0 Å². The van der Waals surface area contributed by atoms with Crippen LogP contribution in [-0.2, 0) is 0 Å². The average molecular weight is 243 g/mol. The van der Waals surface area contributed by atoms with E-state index in [0.29, 0.717) is 6.04 Å². The fourth-order valence-corrected chi connectivity index (χ4v) is 2.44. The molecule has 0 spiro atoms. The van der Waals surface area contributed by atoms with Gasteiger partial charge in [0.25, 0.3) is 0 Å². The van der Waals surface area contributed by atoms with Gasteiger partial charge in [-0.25, -0.2) is 0 Å². The van der Waals surface area contributed by atoms with Crippen LogP contribution in [0.2, 0.25) is 0 Å². The van der Waals surface area contributed by atoms with Crippen LogP contribution in [-0.4, -0.2) is 31.2 Å². The first kappa shape index (κ1) is 11.3. The first-order valence-electron chi connectivity index (χ1n) is 6.27. The van der Waals surface area contributed by atoms with Gasteiger partial charge >= 0.3 is 0 Å². The number of methoxy groups -OCH3 is 1. The molecule has 2 aromatic rings. The molecule has 2 heterocycles. The van der Waals surface area contributed by atoms with Gasteiger partial charge in [0.1, 0.15) is 11.3 Å². The number of hydrogen-bond acceptors (Lipinski definition) is 4. The van der Waals surface area contributed by atoms with E-state index in [1.54, 1.807) is 13.3 Å². The lowest BCUT2D eigenvalue weighted by Crippen LogP contribution is -2.22. The molecular formula is C14H17N3O. The zero-order valence-electron chi connectivity index (χ0n) is 10.4. The van der Waals surface area contributed by atoms with E-state index < -0.39 is 0 Å². The summed E-state index contributed by atoms with van der Waals surface area (Å²) in [5, 5.41) is 8.05. The molecule has 1 aromatic carbocycles. The second-order valence-corrected chi connectivity index (χ2v) is 4.55. The van der Waals surface area contributed by atoms with E-state index in [0.717, 1.165) is 41.9 Å². The Kier molecular flexibility index (Phi) is 3.02. The Morgan fingerprint density at radius 3 is 3.11 bits per heavy atom. The summed E-state index contributed by atoms with van der Waals surface area (Å²) in [6.45, 7) is 2.11. The molecule has 1 fully saturated rings. The largest absolute Gasteiger partial charge is 0.494 e. The topological polar surface area (TPSA) is 46.2 Å². The van der Waals surface area contributed by atoms with Crippen LogP contribution in [0.25, 0.3) is 10.9 Å². The van der Waals surface area contributed by atoms with E-state index >= 15 is 0 Å². The Morgan fingerprint density at radius 2 is 2.33 bits per heavy atom. The molecule has 4 nitrogen and oxygen atoms in total. The van der Waals surface area contributed by atoms with E-state index in [1.807, 2.05) is 12.1 Å². The monoisotopic (exact) mass is 243 g/mol. The van der Waals surface area contributed by atoms with Crippen molar-refractivity contribution in [2.24, 2.45) is 0 Å². The smallest absolute Gasteiger partial charge is 0.145 e. The van der Waals surface area contributed by atoms with Gasteiger partial charge in [0.05, 0.1) is 7.11 Å². The molecule has 3 rings (SSSR count). The number of nitrogens with zero attached hydrogens (tertiary/aromatic N) is 1. The molecule has 1 aromatic heterocycles. The second kappa shape index (κ2) is 4.82. The van der Waals surface area contributed by atoms with E-state index in [1.165, 1.54) is 0 Å². The summed E-state index contributed by atoms with van der Waals surface area (Å²) in [6.07, 6.45) is 2.96. The Hall–Kier alpha value is -1.81. The summed E-state index contributed by atoms with van der Waals surface area (Å²) < 4.78 is 5.35. The van der Waals surface area contributed by atoms with Crippen molar-refractivity contribution in [1.82, 2.24) is 10.3 Å². The highest BCUT2D eigenvalue weighted by atomic mass is 16.5. The molecule has 0 aliphatic carbocycles. The van der Waals surface area contributed by atoms with E-state index in [2.05, 4.69) is 27.8 Å². The third-order valence-corrected chi connectivity index (χ3v) is 3.37. The molecule has 18 heavy (non-hydrogen) atoms. The van der Waals surface area contributed by atoms with Gasteiger partial charge in [-0.2, -0.15) is 0 Å². The molecule has 1 aliphatic heterocycles. The lowest BCUT2D eigenvalue weighted by Gasteiger charge is -2.16. The quantitative estimate of drug-likeness (QED) is 0.865. The normalized spacial score (nSPS) is 19.1. The number of fused-ring (bicyclic) bond motifs is 1. The fourth-order valence-electron chi connectivity index (χ4n) is 2.44. The summed E-state index contributed by atoms with van der Waals surface area (Å²) in [5.74, 6) is 0.820. The Morgan fingerprint density at radius 1 is 1.39 bits per heavy atom. The van der Waals surface area contributed by atoms with Crippen molar-refractivity contribution in [3.63, 3.8) is 0 Å². The molecule has 0 saturated carbocycles. The molecule has 1 unspecified atom stereocenters. The molecule has 0 bridgehead atoms. The zero-order valence-corrected chi connectivity index (χ0v) is 10.4. The van der Waals surface area contributed by atoms with Gasteiger partial charge in [0.15, 0.2) is 0 Å². The zero-order chi connectivity index (χ0) is 12.4. The molecule has 2 N–H and O–H groups in total. The second-order valence-electron chi connectivity index (χ2n) is 4.55. The predicted octanol–water partition coefficient (Wildman–Crippen LogP) is 2.02. The molecule has 1 saturated heterocycles. The van der Waals surface area contributed by atoms with Crippen molar-refractivity contribution in [3.05, 3.63) is 30.5 Å². The average Bonchev–Trinajstić information content (AvgIpc) is 2.92. The van der Waals surface area contributed by atoms with Crippen LogP contribution in [0, 0.1) is 0 Å². The first-order chi connectivity index (χ1) is 8.88. The summed E-state index contributed by atoms with van der Waals surface area (Å²) in [5.41, 5.74) is 2.04. The van der Waals surface area contributed by atoms with Crippen molar-refractivity contribution >= 4 is 16.6 Å². The Labute approximate surface area is 106 Å². The highest BCUT2D eigenvalue weighted by Crippen LogP contribution is 2.30. The molecule has 0 amide bonds. The number of anilines is 1. The number of ether oxygens (including phenoxy) is 1. The molecule has 0 radical (unpaired) electrons. The van der Waals surface area contributed by atoms with Crippen molar-refractivity contribution in [3.8, 4) is 5.75 Å². The van der Waals surface area contributed by atoms with Crippen LogP contribution in [0.15, 0.2) is 30.5 Å². The van der Waals surface area contributed by atoms with Gasteiger partial charge in [-0.05, 0) is 37.2 Å². The molecule has 1 atom stereocenters. The van der Waals surface area contributed by atoms with Gasteiger partial charge in [-0.3, -0.25) is 4.98 Å². The lowest BCUT2D eigenvalue weighted by molar-refractivity contribution is 0.419. The van der Waals surface area contributed by atoms with Crippen molar-refractivity contribution < 1.29 is 4.74 Å². The summed E-state index contributed by atoms with van der Waals surface area (Å²) in [7, 11) is 1.68. The third-order valence-electron chi connectivity index (χ3n) is 3.37. The first-order valence-corrected chi connectivity index (χ1v) is 6.27. The van der Waals surface area contributed by atoms with Crippen LogP contribution in [0.5, 0.6) is 5.75 Å². The third kappa shape index (κ3) is 1.99. The SMILES string of the molecule is COc1ccc(NC2CCNC2)c2cccnc12. The van der Waals surface area contributed by atoms with E-state index in [-0.39, 0.29) is 0 Å². The number of pyridine rings is 1. The van der Waals surface area contributed by atoms with Gasteiger partial charge in [-0.15, -0.1) is 0 Å². The number of rotatable bonds is 3. The molecular weight excluding hydrogens is 226 g/mol. The molecule has 94 valence electrons.